The van der Waals surface area contributed by atoms with Crippen LogP contribution in [0.2, 0.25) is 0 Å². The molecule has 1 aromatic carbocycles. The van der Waals surface area contributed by atoms with E-state index < -0.39 is 0 Å². The normalized spacial score (nSPS) is 17.3. The van der Waals surface area contributed by atoms with Crippen LogP contribution >= 0.6 is 0 Å². The molecule has 0 saturated carbocycles. The first kappa shape index (κ1) is 13.6. The molecule has 3 aromatic rings. The van der Waals surface area contributed by atoms with Crippen molar-refractivity contribution in [3.05, 3.63) is 84.2 Å². The minimum atomic E-state index is -0.266. The number of carbonyl (C=O) groups excluding carboxylic acids is 1. The molecule has 0 aliphatic carbocycles. The molecular formula is C18H14N2O3. The van der Waals surface area contributed by atoms with Gasteiger partial charge in [0.15, 0.2) is 0 Å². The molecular weight excluding hydrogens is 292 g/mol. The molecule has 2 aromatic heterocycles. The molecule has 5 nitrogen and oxygen atoms in total. The van der Waals surface area contributed by atoms with E-state index in [9.17, 15) is 4.79 Å². The highest BCUT2D eigenvalue weighted by atomic mass is 16.3. The van der Waals surface area contributed by atoms with Crippen molar-refractivity contribution in [3.63, 3.8) is 0 Å². The number of nitrogens with zero attached hydrogens (tertiary/aromatic N) is 2. The van der Waals surface area contributed by atoms with Gasteiger partial charge in [0.1, 0.15) is 23.3 Å². The lowest BCUT2D eigenvalue weighted by molar-refractivity contribution is 0.0693. The molecule has 23 heavy (non-hydrogen) atoms. The molecule has 0 spiro atoms. The second-order valence-corrected chi connectivity index (χ2v) is 5.28. The average Bonchev–Trinajstić information content (AvgIpc) is 3.34. The van der Waals surface area contributed by atoms with E-state index in [-0.39, 0.29) is 11.9 Å². The van der Waals surface area contributed by atoms with Crippen LogP contribution in [0.3, 0.4) is 0 Å². The quantitative estimate of drug-likeness (QED) is 0.738. The van der Waals surface area contributed by atoms with Crippen LogP contribution in [0.1, 0.15) is 34.3 Å². The fourth-order valence-electron chi connectivity index (χ4n) is 2.70. The lowest BCUT2D eigenvalue weighted by Crippen LogP contribution is -2.26. The largest absolute Gasteiger partial charge is 0.467 e. The summed E-state index contributed by atoms with van der Waals surface area (Å²) in [4.78, 5) is 12.8. The standard InChI is InChI=1S/C18H14N2O3/c21-18(13-6-2-1-3-7-13)20-15(17-9-5-11-23-17)12-14(19-20)16-8-4-10-22-16/h1-11,15H,12H2/t15-/m0/s1. The summed E-state index contributed by atoms with van der Waals surface area (Å²) in [7, 11) is 0. The summed E-state index contributed by atoms with van der Waals surface area (Å²) < 4.78 is 10.9. The molecule has 1 aliphatic rings. The highest BCUT2D eigenvalue weighted by Crippen LogP contribution is 2.34. The summed E-state index contributed by atoms with van der Waals surface area (Å²) in [5.41, 5.74) is 1.33. The lowest BCUT2D eigenvalue weighted by Gasteiger charge is -2.19. The van der Waals surface area contributed by atoms with E-state index in [1.165, 1.54) is 5.01 Å². The predicted molar refractivity (Wildman–Crippen MR) is 83.9 cm³/mol. The molecule has 0 N–H and O–H groups in total. The maximum absolute atomic E-state index is 12.8. The first-order chi connectivity index (χ1) is 11.3. The predicted octanol–water partition coefficient (Wildman–Crippen LogP) is 3.86. The Morgan fingerprint density at radius 3 is 2.48 bits per heavy atom. The van der Waals surface area contributed by atoms with Crippen LogP contribution in [-0.2, 0) is 0 Å². The Morgan fingerprint density at radius 2 is 1.78 bits per heavy atom. The van der Waals surface area contributed by atoms with Crippen molar-refractivity contribution in [2.75, 3.05) is 0 Å². The molecule has 114 valence electrons. The Morgan fingerprint density at radius 1 is 1.00 bits per heavy atom. The summed E-state index contributed by atoms with van der Waals surface area (Å²) in [6.45, 7) is 0. The number of benzene rings is 1. The molecule has 1 aliphatic heterocycles. The maximum Gasteiger partial charge on any atom is 0.274 e. The molecule has 5 heteroatoms. The third-order valence-electron chi connectivity index (χ3n) is 3.82. The van der Waals surface area contributed by atoms with Crippen molar-refractivity contribution < 1.29 is 13.6 Å². The number of hydrogen-bond acceptors (Lipinski definition) is 4. The zero-order chi connectivity index (χ0) is 15.6. The van der Waals surface area contributed by atoms with Gasteiger partial charge >= 0.3 is 0 Å². The number of carbonyl (C=O) groups is 1. The highest BCUT2D eigenvalue weighted by Gasteiger charge is 2.36. The van der Waals surface area contributed by atoms with E-state index in [0.29, 0.717) is 23.5 Å². The number of hydrazone groups is 1. The van der Waals surface area contributed by atoms with Gasteiger partial charge in [-0.1, -0.05) is 18.2 Å². The number of furan rings is 2. The van der Waals surface area contributed by atoms with E-state index in [1.807, 2.05) is 36.4 Å². The zero-order valence-electron chi connectivity index (χ0n) is 12.3. The Labute approximate surface area is 132 Å². The van der Waals surface area contributed by atoms with Crippen molar-refractivity contribution in [2.45, 2.75) is 12.5 Å². The van der Waals surface area contributed by atoms with Gasteiger partial charge in [-0.15, -0.1) is 0 Å². The molecule has 1 atom stereocenters. The summed E-state index contributed by atoms with van der Waals surface area (Å²) in [5, 5.41) is 5.97. The van der Waals surface area contributed by atoms with Gasteiger partial charge in [-0.3, -0.25) is 4.79 Å². The smallest absolute Gasteiger partial charge is 0.274 e. The van der Waals surface area contributed by atoms with Crippen LogP contribution in [0.5, 0.6) is 0 Å². The second-order valence-electron chi connectivity index (χ2n) is 5.28. The van der Waals surface area contributed by atoms with E-state index in [2.05, 4.69) is 5.10 Å². The van der Waals surface area contributed by atoms with Gasteiger partial charge in [0.05, 0.1) is 12.5 Å². The summed E-state index contributed by atoms with van der Waals surface area (Å²) in [6.07, 6.45) is 3.76. The lowest BCUT2D eigenvalue weighted by atomic mass is 10.1. The monoisotopic (exact) mass is 306 g/mol. The molecule has 3 heterocycles. The average molecular weight is 306 g/mol. The summed E-state index contributed by atoms with van der Waals surface area (Å²) >= 11 is 0. The van der Waals surface area contributed by atoms with Gasteiger partial charge in [-0.25, -0.2) is 5.01 Å². The SMILES string of the molecule is O=C(c1ccccc1)N1N=C(c2ccco2)C[C@H]1c1ccco1. The summed E-state index contributed by atoms with van der Waals surface area (Å²) in [5.74, 6) is 1.22. The number of hydrogen-bond donors (Lipinski definition) is 0. The van der Waals surface area contributed by atoms with Crippen LogP contribution in [-0.4, -0.2) is 16.6 Å². The molecule has 0 fully saturated rings. The van der Waals surface area contributed by atoms with Gasteiger partial charge in [0, 0.05) is 12.0 Å². The molecule has 0 saturated heterocycles. The van der Waals surface area contributed by atoms with E-state index in [1.54, 1.807) is 30.7 Å². The first-order valence-electron chi connectivity index (χ1n) is 7.36. The van der Waals surface area contributed by atoms with E-state index in [4.69, 9.17) is 8.83 Å². The van der Waals surface area contributed by atoms with Crippen LogP contribution in [0, 0.1) is 0 Å². The highest BCUT2D eigenvalue weighted by molar-refractivity contribution is 6.03. The van der Waals surface area contributed by atoms with Gasteiger partial charge in [-0.2, -0.15) is 5.10 Å². The van der Waals surface area contributed by atoms with Crippen molar-refractivity contribution in [3.8, 4) is 0 Å². The first-order valence-corrected chi connectivity index (χ1v) is 7.36. The van der Waals surface area contributed by atoms with E-state index in [0.717, 1.165) is 5.71 Å². The van der Waals surface area contributed by atoms with Crippen LogP contribution < -0.4 is 0 Å². The molecule has 0 unspecified atom stereocenters. The molecule has 4 rings (SSSR count). The number of amides is 1. The minimum Gasteiger partial charge on any atom is -0.467 e. The zero-order valence-corrected chi connectivity index (χ0v) is 12.3. The fraction of sp³-hybridized carbons (Fsp3) is 0.111. The summed E-state index contributed by atoms with van der Waals surface area (Å²) in [6, 6.07) is 16.2. The van der Waals surface area contributed by atoms with Crippen LogP contribution in [0.4, 0.5) is 0 Å². The Bertz CT molecular complexity index is 821. The van der Waals surface area contributed by atoms with Crippen molar-refractivity contribution >= 4 is 11.6 Å². The van der Waals surface area contributed by atoms with Gasteiger partial charge < -0.3 is 8.83 Å². The van der Waals surface area contributed by atoms with E-state index >= 15 is 0 Å². The molecule has 1 amide bonds. The Kier molecular flexibility index (Phi) is 3.31. The third-order valence-corrected chi connectivity index (χ3v) is 3.82. The van der Waals surface area contributed by atoms with Crippen LogP contribution in [0.25, 0.3) is 0 Å². The third kappa shape index (κ3) is 2.46. The van der Waals surface area contributed by atoms with Crippen LogP contribution in [0.15, 0.2) is 81.1 Å². The Hall–Kier alpha value is -3.08. The Balaban J connectivity index is 1.72. The van der Waals surface area contributed by atoms with Gasteiger partial charge in [0.2, 0.25) is 0 Å². The van der Waals surface area contributed by atoms with Crippen molar-refractivity contribution in [2.24, 2.45) is 5.10 Å². The van der Waals surface area contributed by atoms with Crippen molar-refractivity contribution in [1.82, 2.24) is 5.01 Å². The van der Waals surface area contributed by atoms with Gasteiger partial charge in [0.25, 0.3) is 5.91 Å². The van der Waals surface area contributed by atoms with Crippen molar-refractivity contribution in [1.29, 1.82) is 0 Å². The maximum atomic E-state index is 12.8. The minimum absolute atomic E-state index is 0.159. The second kappa shape index (κ2) is 5.61. The topological polar surface area (TPSA) is 59.0 Å². The molecule has 0 radical (unpaired) electrons. The number of rotatable bonds is 3. The van der Waals surface area contributed by atoms with Gasteiger partial charge in [-0.05, 0) is 36.4 Å². The molecule has 0 bridgehead atoms. The fourth-order valence-corrected chi connectivity index (χ4v) is 2.70.